The van der Waals surface area contributed by atoms with E-state index in [1.165, 1.54) is 0 Å². The third-order valence-electron chi connectivity index (χ3n) is 3.87. The SMILES string of the molecule is Cc1cc(C)n(Cc2cccc(N[C@H]3C[C@@H](C)OC3=O)c2)n1. The van der Waals surface area contributed by atoms with Crippen molar-refractivity contribution in [3.05, 3.63) is 47.3 Å². The Balaban J connectivity index is 1.72. The van der Waals surface area contributed by atoms with Crippen LogP contribution in [-0.4, -0.2) is 27.9 Å². The zero-order chi connectivity index (χ0) is 15.7. The molecule has 0 radical (unpaired) electrons. The molecule has 1 N–H and O–H groups in total. The summed E-state index contributed by atoms with van der Waals surface area (Å²) in [6.07, 6.45) is 0.698. The van der Waals surface area contributed by atoms with Crippen molar-refractivity contribution in [2.24, 2.45) is 0 Å². The molecule has 1 aromatic heterocycles. The van der Waals surface area contributed by atoms with Crippen molar-refractivity contribution in [3.63, 3.8) is 0 Å². The van der Waals surface area contributed by atoms with Gasteiger partial charge in [-0.1, -0.05) is 12.1 Å². The first kappa shape index (κ1) is 14.6. The first-order valence-corrected chi connectivity index (χ1v) is 7.58. The van der Waals surface area contributed by atoms with Gasteiger partial charge in [-0.05, 0) is 44.5 Å². The zero-order valence-corrected chi connectivity index (χ0v) is 13.2. The normalized spacial score (nSPS) is 21.0. The molecule has 1 saturated heterocycles. The molecule has 1 fully saturated rings. The zero-order valence-electron chi connectivity index (χ0n) is 13.2. The smallest absolute Gasteiger partial charge is 0.328 e. The maximum atomic E-state index is 11.7. The van der Waals surface area contributed by atoms with E-state index in [1.54, 1.807) is 0 Å². The average molecular weight is 299 g/mol. The average Bonchev–Trinajstić information content (AvgIpc) is 2.92. The minimum Gasteiger partial charge on any atom is -0.461 e. The molecule has 0 unspecified atom stereocenters. The number of hydrogen-bond acceptors (Lipinski definition) is 4. The molecule has 0 spiro atoms. The Morgan fingerprint density at radius 2 is 2.18 bits per heavy atom. The predicted molar refractivity (Wildman–Crippen MR) is 84.8 cm³/mol. The van der Waals surface area contributed by atoms with Gasteiger partial charge >= 0.3 is 5.97 Å². The fourth-order valence-corrected chi connectivity index (χ4v) is 2.84. The molecule has 1 aromatic carbocycles. The van der Waals surface area contributed by atoms with Crippen molar-refractivity contribution in [3.8, 4) is 0 Å². The van der Waals surface area contributed by atoms with Gasteiger partial charge in [0.2, 0.25) is 0 Å². The highest BCUT2D eigenvalue weighted by Crippen LogP contribution is 2.20. The molecule has 116 valence electrons. The Hall–Kier alpha value is -2.30. The molecule has 5 heteroatoms. The number of nitrogens with zero attached hydrogens (tertiary/aromatic N) is 2. The third-order valence-corrected chi connectivity index (χ3v) is 3.87. The molecule has 2 heterocycles. The second-order valence-electron chi connectivity index (χ2n) is 5.97. The lowest BCUT2D eigenvalue weighted by Crippen LogP contribution is -2.24. The quantitative estimate of drug-likeness (QED) is 0.882. The summed E-state index contributed by atoms with van der Waals surface area (Å²) >= 11 is 0. The first-order valence-electron chi connectivity index (χ1n) is 7.58. The van der Waals surface area contributed by atoms with Crippen LogP contribution in [0, 0.1) is 13.8 Å². The Bertz CT molecular complexity index is 693. The van der Waals surface area contributed by atoms with Crippen LogP contribution < -0.4 is 5.32 Å². The van der Waals surface area contributed by atoms with Crippen LogP contribution in [0.2, 0.25) is 0 Å². The summed E-state index contributed by atoms with van der Waals surface area (Å²) in [5.74, 6) is -0.170. The Kier molecular flexibility index (Phi) is 3.88. The summed E-state index contributed by atoms with van der Waals surface area (Å²) in [5, 5.41) is 7.75. The van der Waals surface area contributed by atoms with Crippen LogP contribution in [0.4, 0.5) is 5.69 Å². The standard InChI is InChI=1S/C17H21N3O2/c1-11-7-12(2)20(19-11)10-14-5-4-6-15(9-14)18-16-8-13(3)22-17(16)21/h4-7,9,13,16,18H,8,10H2,1-3H3/t13-,16+/m1/s1. The van der Waals surface area contributed by atoms with Crippen LogP contribution >= 0.6 is 0 Å². The van der Waals surface area contributed by atoms with E-state index in [0.29, 0.717) is 6.42 Å². The van der Waals surface area contributed by atoms with Gasteiger partial charge in [-0.2, -0.15) is 5.10 Å². The summed E-state index contributed by atoms with van der Waals surface area (Å²) in [6, 6.07) is 9.91. The molecule has 0 bridgehead atoms. The van der Waals surface area contributed by atoms with Gasteiger partial charge < -0.3 is 10.1 Å². The maximum absolute atomic E-state index is 11.7. The molecule has 0 saturated carbocycles. The second-order valence-corrected chi connectivity index (χ2v) is 5.97. The molecule has 0 amide bonds. The summed E-state index contributed by atoms with van der Waals surface area (Å²) in [4.78, 5) is 11.7. The number of benzene rings is 1. The molecule has 3 rings (SSSR count). The molecular formula is C17H21N3O2. The van der Waals surface area contributed by atoms with Crippen molar-refractivity contribution in [2.45, 2.75) is 45.9 Å². The van der Waals surface area contributed by atoms with Crippen LogP contribution in [0.5, 0.6) is 0 Å². The fourth-order valence-electron chi connectivity index (χ4n) is 2.84. The second kappa shape index (κ2) is 5.83. The van der Waals surface area contributed by atoms with Crippen molar-refractivity contribution in [1.82, 2.24) is 9.78 Å². The minimum atomic E-state index is -0.251. The van der Waals surface area contributed by atoms with E-state index in [2.05, 4.69) is 35.5 Å². The Morgan fingerprint density at radius 1 is 1.36 bits per heavy atom. The Morgan fingerprint density at radius 3 is 2.82 bits per heavy atom. The Labute approximate surface area is 130 Å². The van der Waals surface area contributed by atoms with Gasteiger partial charge in [0.1, 0.15) is 12.1 Å². The first-order chi connectivity index (χ1) is 10.5. The maximum Gasteiger partial charge on any atom is 0.328 e. The number of rotatable bonds is 4. The number of carbonyl (C=O) groups is 1. The molecular weight excluding hydrogens is 278 g/mol. The largest absolute Gasteiger partial charge is 0.461 e. The van der Waals surface area contributed by atoms with E-state index in [-0.39, 0.29) is 18.1 Å². The van der Waals surface area contributed by atoms with Crippen molar-refractivity contribution in [1.29, 1.82) is 0 Å². The topological polar surface area (TPSA) is 56.2 Å². The highest BCUT2D eigenvalue weighted by Gasteiger charge is 2.31. The van der Waals surface area contributed by atoms with E-state index in [0.717, 1.165) is 29.2 Å². The molecule has 2 atom stereocenters. The van der Waals surface area contributed by atoms with Crippen LogP contribution in [0.1, 0.15) is 30.3 Å². The van der Waals surface area contributed by atoms with E-state index in [9.17, 15) is 4.79 Å². The van der Waals surface area contributed by atoms with E-state index in [1.807, 2.05) is 30.7 Å². The predicted octanol–water partition coefficient (Wildman–Crippen LogP) is 2.66. The van der Waals surface area contributed by atoms with Crippen LogP contribution in [0.25, 0.3) is 0 Å². The van der Waals surface area contributed by atoms with Gasteiger partial charge in [0.15, 0.2) is 0 Å². The lowest BCUT2D eigenvalue weighted by atomic mass is 10.1. The van der Waals surface area contributed by atoms with E-state index < -0.39 is 0 Å². The van der Waals surface area contributed by atoms with Crippen LogP contribution in [0.15, 0.2) is 30.3 Å². The molecule has 1 aliphatic rings. The summed E-state index contributed by atoms with van der Waals surface area (Å²) in [7, 11) is 0. The molecule has 22 heavy (non-hydrogen) atoms. The van der Waals surface area contributed by atoms with Gasteiger partial charge in [-0.25, -0.2) is 4.79 Å². The summed E-state index contributed by atoms with van der Waals surface area (Å²) in [5.41, 5.74) is 4.25. The number of nitrogens with one attached hydrogen (secondary N) is 1. The minimum absolute atomic E-state index is 0.0112. The lowest BCUT2D eigenvalue weighted by molar-refractivity contribution is -0.141. The van der Waals surface area contributed by atoms with Gasteiger partial charge in [0, 0.05) is 17.8 Å². The molecule has 5 nitrogen and oxygen atoms in total. The summed E-state index contributed by atoms with van der Waals surface area (Å²) in [6.45, 7) is 6.69. The number of ether oxygens (including phenoxy) is 1. The van der Waals surface area contributed by atoms with Crippen LogP contribution in [-0.2, 0) is 16.1 Å². The van der Waals surface area contributed by atoms with Gasteiger partial charge in [-0.3, -0.25) is 4.68 Å². The highest BCUT2D eigenvalue weighted by molar-refractivity contribution is 5.81. The number of aryl methyl sites for hydroxylation is 2. The van der Waals surface area contributed by atoms with Crippen molar-refractivity contribution < 1.29 is 9.53 Å². The lowest BCUT2D eigenvalue weighted by Gasteiger charge is -2.12. The van der Waals surface area contributed by atoms with E-state index in [4.69, 9.17) is 4.74 Å². The van der Waals surface area contributed by atoms with Crippen molar-refractivity contribution in [2.75, 3.05) is 5.32 Å². The van der Waals surface area contributed by atoms with Gasteiger partial charge in [0.25, 0.3) is 0 Å². The number of carbonyl (C=O) groups excluding carboxylic acids is 1. The number of esters is 1. The number of hydrogen-bond donors (Lipinski definition) is 1. The van der Waals surface area contributed by atoms with Gasteiger partial charge in [0.05, 0.1) is 12.2 Å². The van der Waals surface area contributed by atoms with E-state index >= 15 is 0 Å². The monoisotopic (exact) mass is 299 g/mol. The van der Waals surface area contributed by atoms with Crippen molar-refractivity contribution >= 4 is 11.7 Å². The number of cyclic esters (lactones) is 1. The molecule has 2 aromatic rings. The third kappa shape index (κ3) is 3.13. The van der Waals surface area contributed by atoms with Crippen LogP contribution in [0.3, 0.4) is 0 Å². The summed E-state index contributed by atoms with van der Waals surface area (Å²) < 4.78 is 7.16. The number of anilines is 1. The molecule has 0 aliphatic carbocycles. The number of aromatic nitrogens is 2. The fraction of sp³-hybridized carbons (Fsp3) is 0.412. The van der Waals surface area contributed by atoms with Gasteiger partial charge in [-0.15, -0.1) is 0 Å². The highest BCUT2D eigenvalue weighted by atomic mass is 16.6. The molecule has 1 aliphatic heterocycles.